The first-order valence-electron chi connectivity index (χ1n) is 25.1. The summed E-state index contributed by atoms with van der Waals surface area (Å²) in [7, 11) is 0. The van der Waals surface area contributed by atoms with E-state index in [1.165, 1.54) is 76.2 Å². The predicted molar refractivity (Wildman–Crippen MR) is 310 cm³/mol. The fraction of sp³-hybridized carbons (Fsp3) is 0. The van der Waals surface area contributed by atoms with Crippen molar-refractivity contribution < 1.29 is 0 Å². The van der Waals surface area contributed by atoms with Crippen LogP contribution in [0.4, 0.5) is 34.1 Å². The number of fused-ring (bicyclic) bond motifs is 3. The lowest BCUT2D eigenvalue weighted by molar-refractivity contribution is 1.14. The summed E-state index contributed by atoms with van der Waals surface area (Å²) in [6, 6.07) is 104. The average Bonchev–Trinajstić information content (AvgIpc) is 3.83. The zero-order valence-corrected chi connectivity index (χ0v) is 40.0. The monoisotopic (exact) mass is 929 g/mol. The molecule has 0 radical (unpaired) electrons. The van der Waals surface area contributed by atoms with Gasteiger partial charge in [-0.1, -0.05) is 200 Å². The average molecular weight is 930 g/mol. The third-order valence-corrected chi connectivity index (χ3v) is 14.7. The van der Waals surface area contributed by atoms with Crippen LogP contribution in [0.3, 0.4) is 0 Å². The van der Waals surface area contributed by atoms with E-state index in [2.05, 4.69) is 299 Å². The van der Waals surface area contributed by atoms with E-state index < -0.39 is 0 Å². The molecular weight excluding hydrogens is 883 g/mol. The Kier molecular flexibility index (Phi) is 10.2. The van der Waals surface area contributed by atoms with Gasteiger partial charge in [-0.3, -0.25) is 0 Å². The maximum absolute atomic E-state index is 2.54. The standard InChI is InChI=1S/C70H47N3/c1-6-18-48(19-7-1)50-30-36-59(37-31-50)72(57-28-14-5-15-29-57)65-45-35-52-33-44-63-67-55(34-43-62(65)66(52)67)47-64-68(51-21-8-2-9-22-51)69(53-23-10-3-11-24-53)73(70(63)64)60-41-39-58(40-42-60)71(56-26-12-4-13-27-56)61-38-32-49-20-16-17-25-54(49)46-61/h1-47H. The highest BCUT2D eigenvalue weighted by Gasteiger charge is 2.26. The van der Waals surface area contributed by atoms with Crippen LogP contribution < -0.4 is 9.80 Å². The van der Waals surface area contributed by atoms with Crippen molar-refractivity contribution in [2.75, 3.05) is 9.80 Å². The van der Waals surface area contributed by atoms with E-state index in [-0.39, 0.29) is 0 Å². The quantitative estimate of drug-likeness (QED) is 0.127. The minimum absolute atomic E-state index is 1.08. The molecule has 14 aromatic rings. The Morgan fingerprint density at radius 2 is 0.726 bits per heavy atom. The maximum atomic E-state index is 2.54. The molecule has 0 amide bonds. The molecule has 3 heteroatoms. The van der Waals surface area contributed by atoms with E-state index in [0.29, 0.717) is 0 Å². The van der Waals surface area contributed by atoms with Gasteiger partial charge in [-0.2, -0.15) is 0 Å². The van der Waals surface area contributed by atoms with Crippen molar-refractivity contribution in [3.05, 3.63) is 285 Å². The molecule has 14 rings (SSSR count). The summed E-state index contributed by atoms with van der Waals surface area (Å²) >= 11 is 0. The number of benzene rings is 13. The van der Waals surface area contributed by atoms with E-state index >= 15 is 0 Å². The minimum atomic E-state index is 1.08. The van der Waals surface area contributed by atoms with Crippen molar-refractivity contribution in [3.8, 4) is 39.2 Å². The molecule has 0 aliphatic carbocycles. The van der Waals surface area contributed by atoms with Gasteiger partial charge in [-0.15, -0.1) is 0 Å². The van der Waals surface area contributed by atoms with E-state index in [4.69, 9.17) is 0 Å². The second-order valence-electron chi connectivity index (χ2n) is 18.9. The number of aromatic nitrogens is 1. The minimum Gasteiger partial charge on any atom is -0.310 e. The Morgan fingerprint density at radius 1 is 0.260 bits per heavy atom. The third kappa shape index (κ3) is 7.21. The van der Waals surface area contributed by atoms with Crippen LogP contribution in [0.15, 0.2) is 285 Å². The highest BCUT2D eigenvalue weighted by molar-refractivity contribution is 6.32. The van der Waals surface area contributed by atoms with Crippen molar-refractivity contribution in [2.45, 2.75) is 0 Å². The Morgan fingerprint density at radius 3 is 1.41 bits per heavy atom. The van der Waals surface area contributed by atoms with E-state index in [9.17, 15) is 0 Å². The molecule has 0 bridgehead atoms. The van der Waals surface area contributed by atoms with E-state index in [1.54, 1.807) is 0 Å². The van der Waals surface area contributed by atoms with Crippen LogP contribution in [0.25, 0.3) is 93.2 Å². The van der Waals surface area contributed by atoms with Crippen LogP contribution in [0.2, 0.25) is 0 Å². The van der Waals surface area contributed by atoms with Gasteiger partial charge in [0.2, 0.25) is 0 Å². The second kappa shape index (κ2) is 17.6. The fourth-order valence-corrected chi connectivity index (χ4v) is 11.4. The molecule has 0 aliphatic heterocycles. The van der Waals surface area contributed by atoms with Gasteiger partial charge in [-0.05, 0) is 140 Å². The number of nitrogens with zero attached hydrogens (tertiary/aromatic N) is 3. The van der Waals surface area contributed by atoms with Gasteiger partial charge in [0.15, 0.2) is 0 Å². The summed E-state index contributed by atoms with van der Waals surface area (Å²) in [6.07, 6.45) is 0. The molecule has 0 saturated carbocycles. The Balaban J connectivity index is 1.01. The Bertz CT molecular complexity index is 4260. The summed E-state index contributed by atoms with van der Waals surface area (Å²) < 4.78 is 2.54. The second-order valence-corrected chi connectivity index (χ2v) is 18.9. The van der Waals surface area contributed by atoms with Crippen LogP contribution in [0, 0.1) is 0 Å². The maximum Gasteiger partial charge on any atom is 0.0620 e. The van der Waals surface area contributed by atoms with Crippen LogP contribution in [-0.2, 0) is 0 Å². The number of hydrogen-bond donors (Lipinski definition) is 0. The lowest BCUT2D eigenvalue weighted by Crippen LogP contribution is -2.10. The van der Waals surface area contributed by atoms with Gasteiger partial charge < -0.3 is 14.4 Å². The first kappa shape index (κ1) is 42.2. The molecule has 1 heterocycles. The van der Waals surface area contributed by atoms with Crippen LogP contribution in [0.1, 0.15) is 0 Å². The molecule has 0 unspecified atom stereocenters. The topological polar surface area (TPSA) is 11.4 Å². The van der Waals surface area contributed by atoms with Gasteiger partial charge in [0, 0.05) is 55.8 Å². The number of anilines is 6. The molecule has 0 N–H and O–H groups in total. The van der Waals surface area contributed by atoms with Crippen molar-refractivity contribution in [1.29, 1.82) is 0 Å². The summed E-state index contributed by atoms with van der Waals surface area (Å²) in [5.74, 6) is 0. The molecule has 73 heavy (non-hydrogen) atoms. The molecule has 0 fully saturated rings. The molecular formula is C70H47N3. The van der Waals surface area contributed by atoms with Gasteiger partial charge >= 0.3 is 0 Å². The van der Waals surface area contributed by atoms with E-state index in [1.807, 2.05) is 0 Å². The normalized spacial score (nSPS) is 11.6. The molecule has 0 saturated heterocycles. The SMILES string of the molecule is c1ccc(-c2ccc(N(c3ccccc3)c3ccc4ccc5c6c(ccc3c46)cc3c(-c4ccccc4)c(-c4ccccc4)n(-c4ccc(N(c6ccccc6)c6ccc7ccccc7c6)cc4)c35)cc2)cc1. The number of rotatable bonds is 10. The summed E-state index contributed by atoms with van der Waals surface area (Å²) in [4.78, 5) is 4.78. The van der Waals surface area contributed by atoms with Gasteiger partial charge in [-0.25, -0.2) is 0 Å². The molecule has 3 nitrogen and oxygen atoms in total. The number of hydrogen-bond acceptors (Lipinski definition) is 2. The van der Waals surface area contributed by atoms with Crippen molar-refractivity contribution >= 4 is 88.1 Å². The molecule has 0 atom stereocenters. The van der Waals surface area contributed by atoms with Gasteiger partial charge in [0.25, 0.3) is 0 Å². The first-order chi connectivity index (χ1) is 36.2. The number of para-hydroxylation sites is 2. The van der Waals surface area contributed by atoms with Crippen molar-refractivity contribution in [1.82, 2.24) is 4.57 Å². The molecule has 1 aromatic heterocycles. The van der Waals surface area contributed by atoms with Gasteiger partial charge in [0.05, 0.1) is 16.9 Å². The summed E-state index contributed by atoms with van der Waals surface area (Å²) in [5.41, 5.74) is 16.0. The first-order valence-corrected chi connectivity index (χ1v) is 25.1. The fourth-order valence-electron chi connectivity index (χ4n) is 11.4. The Hall–Kier alpha value is -9.70. The van der Waals surface area contributed by atoms with Crippen LogP contribution >= 0.6 is 0 Å². The van der Waals surface area contributed by atoms with Crippen LogP contribution in [-0.4, -0.2) is 4.57 Å². The predicted octanol–water partition coefficient (Wildman–Crippen LogP) is 19.6. The van der Waals surface area contributed by atoms with Crippen molar-refractivity contribution in [3.63, 3.8) is 0 Å². The Labute approximate surface area is 424 Å². The highest BCUT2D eigenvalue weighted by atomic mass is 15.1. The summed E-state index contributed by atoms with van der Waals surface area (Å²) in [6.45, 7) is 0. The van der Waals surface area contributed by atoms with Crippen LogP contribution in [0.5, 0.6) is 0 Å². The highest BCUT2D eigenvalue weighted by Crippen LogP contribution is 2.50. The zero-order valence-electron chi connectivity index (χ0n) is 40.0. The molecule has 342 valence electrons. The smallest absolute Gasteiger partial charge is 0.0620 e. The molecule has 0 spiro atoms. The third-order valence-electron chi connectivity index (χ3n) is 14.7. The molecule has 0 aliphatic rings. The van der Waals surface area contributed by atoms with Crippen molar-refractivity contribution in [2.24, 2.45) is 0 Å². The van der Waals surface area contributed by atoms with Gasteiger partial charge in [0.1, 0.15) is 0 Å². The zero-order chi connectivity index (χ0) is 48.2. The summed E-state index contributed by atoms with van der Waals surface area (Å²) in [5, 5.41) is 11.0. The van der Waals surface area contributed by atoms with E-state index in [0.717, 1.165) is 51.1 Å². The molecule has 13 aromatic carbocycles. The lowest BCUT2D eigenvalue weighted by Gasteiger charge is -2.28. The largest absolute Gasteiger partial charge is 0.310 e. The lowest BCUT2D eigenvalue weighted by atomic mass is 9.90.